The molecule has 0 spiro atoms. The van der Waals surface area contributed by atoms with Gasteiger partial charge in [0, 0.05) is 11.1 Å². The fraction of sp³-hybridized carbons (Fsp3) is 0.417. The molecule has 8 nitrogen and oxygen atoms in total. The monoisotopic (exact) mass is 446 g/mol. The number of hydrogen-bond donors (Lipinski definition) is 0. The van der Waals surface area contributed by atoms with Crippen molar-refractivity contribution in [3.63, 3.8) is 0 Å². The lowest BCUT2D eigenvalue weighted by Gasteiger charge is -2.20. The lowest BCUT2D eigenvalue weighted by atomic mass is 9.97. The molecule has 0 amide bonds. The van der Waals surface area contributed by atoms with Crippen LogP contribution >= 0.6 is 0 Å². The van der Waals surface area contributed by atoms with Crippen molar-refractivity contribution < 1.29 is 38.0 Å². The van der Waals surface area contributed by atoms with Gasteiger partial charge in [-0.1, -0.05) is 13.8 Å². The van der Waals surface area contributed by atoms with E-state index in [1.807, 2.05) is 13.8 Å². The molecule has 0 unspecified atom stereocenters. The summed E-state index contributed by atoms with van der Waals surface area (Å²) in [6, 6.07) is 6.34. The van der Waals surface area contributed by atoms with Crippen molar-refractivity contribution in [1.29, 1.82) is 0 Å². The minimum atomic E-state index is -0.543. The van der Waals surface area contributed by atoms with Crippen molar-refractivity contribution >= 4 is 11.9 Å². The van der Waals surface area contributed by atoms with Crippen molar-refractivity contribution in [2.24, 2.45) is 0 Å². The van der Waals surface area contributed by atoms with E-state index in [9.17, 15) is 9.59 Å². The van der Waals surface area contributed by atoms with Gasteiger partial charge in [-0.3, -0.25) is 0 Å². The number of methoxy groups -OCH3 is 4. The summed E-state index contributed by atoms with van der Waals surface area (Å²) >= 11 is 0. The van der Waals surface area contributed by atoms with Gasteiger partial charge in [-0.2, -0.15) is 0 Å². The van der Waals surface area contributed by atoms with Gasteiger partial charge in [0.25, 0.3) is 0 Å². The number of carbonyl (C=O) groups excluding carboxylic acids is 2. The van der Waals surface area contributed by atoms with Gasteiger partial charge in [0.15, 0.2) is 23.0 Å². The molecule has 0 aromatic heterocycles. The van der Waals surface area contributed by atoms with Gasteiger partial charge in [0.05, 0.1) is 52.8 Å². The molecule has 0 saturated heterocycles. The quantitative estimate of drug-likeness (QED) is 0.466. The second kappa shape index (κ2) is 11.8. The third kappa shape index (κ3) is 5.43. The smallest absolute Gasteiger partial charge is 0.338 e. The van der Waals surface area contributed by atoms with Crippen LogP contribution in [-0.4, -0.2) is 53.6 Å². The normalized spacial score (nSPS) is 10.3. The molecule has 0 atom stereocenters. The molecule has 174 valence electrons. The molecule has 0 aliphatic rings. The topological polar surface area (TPSA) is 89.5 Å². The van der Waals surface area contributed by atoms with E-state index in [2.05, 4.69) is 0 Å². The van der Waals surface area contributed by atoms with Gasteiger partial charge >= 0.3 is 11.9 Å². The first-order chi connectivity index (χ1) is 15.4. The maximum absolute atomic E-state index is 12.3. The Morgan fingerprint density at radius 1 is 0.656 bits per heavy atom. The van der Waals surface area contributed by atoms with Crippen LogP contribution in [0.15, 0.2) is 24.3 Å². The van der Waals surface area contributed by atoms with Crippen molar-refractivity contribution in [2.45, 2.75) is 26.7 Å². The Morgan fingerprint density at radius 2 is 1.03 bits per heavy atom. The molecular formula is C24H30O8. The van der Waals surface area contributed by atoms with Crippen molar-refractivity contribution in [2.75, 3.05) is 41.7 Å². The van der Waals surface area contributed by atoms with Crippen LogP contribution in [0.3, 0.4) is 0 Å². The average Bonchev–Trinajstić information content (AvgIpc) is 2.83. The number of hydrogen-bond acceptors (Lipinski definition) is 8. The molecule has 0 fully saturated rings. The Balaban J connectivity index is 2.92. The molecule has 2 rings (SSSR count). The molecular weight excluding hydrogens is 416 g/mol. The molecule has 0 radical (unpaired) electrons. The third-order valence-electron chi connectivity index (χ3n) is 4.58. The standard InChI is InChI=1S/C24H30O8/c1-7-9-31-21-17(11-15(23(25)29-5)13-19(21)27-3)18-12-16(24(26)30-6)14-20(28-4)22(18)32-10-8-2/h11-14H,7-10H2,1-6H3. The first-order valence-electron chi connectivity index (χ1n) is 10.3. The van der Waals surface area contributed by atoms with Gasteiger partial charge < -0.3 is 28.4 Å². The zero-order valence-electron chi connectivity index (χ0n) is 19.4. The predicted octanol–water partition coefficient (Wildman–Crippen LogP) is 4.52. The summed E-state index contributed by atoms with van der Waals surface area (Å²) in [7, 11) is 5.57. The van der Waals surface area contributed by atoms with Crippen LogP contribution in [0.2, 0.25) is 0 Å². The van der Waals surface area contributed by atoms with Gasteiger partial charge in [-0.05, 0) is 37.1 Å². The van der Waals surface area contributed by atoms with Crippen molar-refractivity contribution in [3.05, 3.63) is 35.4 Å². The van der Waals surface area contributed by atoms with Crippen LogP contribution in [0.1, 0.15) is 47.4 Å². The van der Waals surface area contributed by atoms with Gasteiger partial charge in [-0.25, -0.2) is 9.59 Å². The summed E-state index contributed by atoms with van der Waals surface area (Å²) in [4.78, 5) is 24.7. The van der Waals surface area contributed by atoms with E-state index in [0.29, 0.717) is 47.3 Å². The molecule has 2 aromatic carbocycles. The van der Waals surface area contributed by atoms with Crippen LogP contribution < -0.4 is 18.9 Å². The second-order valence-corrected chi connectivity index (χ2v) is 6.79. The zero-order chi connectivity index (χ0) is 23.7. The number of carbonyl (C=O) groups is 2. The molecule has 0 aliphatic heterocycles. The molecule has 0 N–H and O–H groups in total. The summed E-state index contributed by atoms with van der Waals surface area (Å²) in [6.45, 7) is 4.79. The summed E-state index contributed by atoms with van der Waals surface area (Å²) in [5.74, 6) is 0.428. The largest absolute Gasteiger partial charge is 0.493 e. The summed E-state index contributed by atoms with van der Waals surface area (Å²) in [5, 5.41) is 0. The predicted molar refractivity (Wildman–Crippen MR) is 119 cm³/mol. The highest BCUT2D eigenvalue weighted by molar-refractivity contribution is 5.97. The fourth-order valence-electron chi connectivity index (χ4n) is 3.09. The molecule has 32 heavy (non-hydrogen) atoms. The van der Waals surface area contributed by atoms with Crippen LogP contribution in [0.5, 0.6) is 23.0 Å². The van der Waals surface area contributed by atoms with E-state index in [0.717, 1.165) is 12.8 Å². The SMILES string of the molecule is CCCOc1c(OC)cc(C(=O)OC)cc1-c1cc(C(=O)OC)cc(OC)c1OCCC. The van der Waals surface area contributed by atoms with Gasteiger partial charge in [-0.15, -0.1) is 0 Å². The maximum Gasteiger partial charge on any atom is 0.338 e. The molecule has 0 bridgehead atoms. The summed E-state index contributed by atoms with van der Waals surface area (Å²) in [5.41, 5.74) is 1.50. The fourth-order valence-corrected chi connectivity index (χ4v) is 3.09. The molecule has 8 heteroatoms. The maximum atomic E-state index is 12.3. The van der Waals surface area contributed by atoms with Crippen molar-refractivity contribution in [3.8, 4) is 34.1 Å². The molecule has 0 aliphatic carbocycles. The Bertz CT molecular complexity index is 874. The minimum Gasteiger partial charge on any atom is -0.493 e. The zero-order valence-corrected chi connectivity index (χ0v) is 19.4. The lowest BCUT2D eigenvalue weighted by Crippen LogP contribution is -2.08. The van der Waals surface area contributed by atoms with E-state index in [-0.39, 0.29) is 11.1 Å². The molecule has 0 saturated carbocycles. The Hall–Kier alpha value is -3.42. The van der Waals surface area contributed by atoms with E-state index in [4.69, 9.17) is 28.4 Å². The minimum absolute atomic E-state index is 0.257. The second-order valence-electron chi connectivity index (χ2n) is 6.79. The first kappa shape index (κ1) is 24.8. The third-order valence-corrected chi connectivity index (χ3v) is 4.58. The molecule has 0 heterocycles. The number of ether oxygens (including phenoxy) is 6. The molecule has 2 aromatic rings. The Morgan fingerprint density at radius 3 is 1.31 bits per heavy atom. The van der Waals surface area contributed by atoms with E-state index < -0.39 is 11.9 Å². The van der Waals surface area contributed by atoms with Crippen LogP contribution in [0, 0.1) is 0 Å². The average molecular weight is 446 g/mol. The van der Waals surface area contributed by atoms with Crippen LogP contribution in [0.4, 0.5) is 0 Å². The highest BCUT2D eigenvalue weighted by atomic mass is 16.5. The highest BCUT2D eigenvalue weighted by Gasteiger charge is 2.25. The lowest BCUT2D eigenvalue weighted by molar-refractivity contribution is 0.0591. The van der Waals surface area contributed by atoms with Gasteiger partial charge in [0.2, 0.25) is 0 Å². The summed E-state index contributed by atoms with van der Waals surface area (Å²) in [6.07, 6.45) is 1.51. The number of esters is 2. The number of benzene rings is 2. The van der Waals surface area contributed by atoms with E-state index in [1.54, 1.807) is 24.3 Å². The van der Waals surface area contributed by atoms with E-state index >= 15 is 0 Å². The highest BCUT2D eigenvalue weighted by Crippen LogP contribution is 2.47. The number of rotatable bonds is 11. The Labute approximate surface area is 188 Å². The van der Waals surface area contributed by atoms with E-state index in [1.165, 1.54) is 28.4 Å². The van der Waals surface area contributed by atoms with Gasteiger partial charge in [0.1, 0.15) is 0 Å². The summed E-state index contributed by atoms with van der Waals surface area (Å²) < 4.78 is 32.8. The van der Waals surface area contributed by atoms with Crippen molar-refractivity contribution in [1.82, 2.24) is 0 Å². The Kier molecular flexibility index (Phi) is 9.19. The first-order valence-corrected chi connectivity index (χ1v) is 10.3. The van der Waals surface area contributed by atoms with Crippen LogP contribution in [0.25, 0.3) is 11.1 Å². The van der Waals surface area contributed by atoms with Crippen LogP contribution in [-0.2, 0) is 9.47 Å².